The average Bonchev–Trinajstić information content (AvgIpc) is 2.76. The lowest BCUT2D eigenvalue weighted by molar-refractivity contribution is 0.588. The van der Waals surface area contributed by atoms with Gasteiger partial charge in [0.15, 0.2) is 0 Å². The molecule has 0 saturated carbocycles. The normalized spacial score (nSPS) is 20.5. The van der Waals surface area contributed by atoms with Crippen molar-refractivity contribution in [3.8, 4) is 0 Å². The van der Waals surface area contributed by atoms with Crippen molar-refractivity contribution >= 4 is 49.9 Å². The van der Waals surface area contributed by atoms with Gasteiger partial charge in [0, 0.05) is 15.1 Å². The van der Waals surface area contributed by atoms with Crippen LogP contribution < -0.4 is 10.0 Å². The molecule has 0 bridgehead atoms. The van der Waals surface area contributed by atoms with Crippen LogP contribution in [0.2, 0.25) is 5.02 Å². The lowest BCUT2D eigenvalue weighted by Crippen LogP contribution is -2.29. The van der Waals surface area contributed by atoms with E-state index in [0.29, 0.717) is 23.7 Å². The quantitative estimate of drug-likeness (QED) is 0.782. The Balaban J connectivity index is 2.19. The zero-order chi connectivity index (χ0) is 12.5. The van der Waals surface area contributed by atoms with Crippen LogP contribution in [0.25, 0.3) is 0 Å². The summed E-state index contributed by atoms with van der Waals surface area (Å²) in [5, 5.41) is 3.29. The molecule has 1 aliphatic rings. The highest BCUT2D eigenvalue weighted by molar-refractivity contribution is 14.1. The third-order valence-electron chi connectivity index (χ3n) is 2.64. The summed E-state index contributed by atoms with van der Waals surface area (Å²) in [5.74, 6) is 0. The monoisotopic (exact) mass is 386 g/mol. The van der Waals surface area contributed by atoms with Crippen molar-refractivity contribution in [1.29, 1.82) is 0 Å². The van der Waals surface area contributed by atoms with Crippen LogP contribution in [-0.4, -0.2) is 26.8 Å². The van der Waals surface area contributed by atoms with E-state index in [2.05, 4.69) is 32.6 Å². The summed E-state index contributed by atoms with van der Waals surface area (Å²) in [7, 11) is -3.31. The van der Waals surface area contributed by atoms with Crippen LogP contribution in [-0.2, 0) is 10.0 Å². The van der Waals surface area contributed by atoms with Gasteiger partial charge in [-0.25, -0.2) is 8.42 Å². The van der Waals surface area contributed by atoms with Crippen LogP contribution in [0.5, 0.6) is 0 Å². The number of hydrogen-bond donors (Lipinski definition) is 2. The maximum atomic E-state index is 12.1. The van der Waals surface area contributed by atoms with Gasteiger partial charge in [-0.05, 0) is 53.8 Å². The van der Waals surface area contributed by atoms with Crippen molar-refractivity contribution in [2.24, 2.45) is 0 Å². The predicted octanol–water partition coefficient (Wildman–Crippen LogP) is 2.05. The van der Waals surface area contributed by atoms with E-state index in [4.69, 9.17) is 11.6 Å². The summed E-state index contributed by atoms with van der Waals surface area (Å²) in [6.07, 6.45) is 0.652. The third-order valence-corrected chi connectivity index (χ3v) is 5.55. The molecular weight excluding hydrogens is 375 g/mol. The van der Waals surface area contributed by atoms with Crippen LogP contribution in [0.4, 0.5) is 5.69 Å². The molecule has 94 valence electrons. The van der Waals surface area contributed by atoms with Gasteiger partial charge in [-0.2, -0.15) is 0 Å². The molecule has 0 radical (unpaired) electrons. The Morgan fingerprint density at radius 2 is 2.24 bits per heavy atom. The van der Waals surface area contributed by atoms with Crippen molar-refractivity contribution in [2.75, 3.05) is 17.8 Å². The van der Waals surface area contributed by atoms with Gasteiger partial charge in [-0.1, -0.05) is 11.6 Å². The minimum absolute atomic E-state index is 0.353. The molecule has 0 aromatic heterocycles. The highest BCUT2D eigenvalue weighted by Crippen LogP contribution is 2.24. The van der Waals surface area contributed by atoms with Crippen molar-refractivity contribution in [3.63, 3.8) is 0 Å². The number of hydrogen-bond acceptors (Lipinski definition) is 3. The van der Waals surface area contributed by atoms with Crippen molar-refractivity contribution in [1.82, 2.24) is 5.32 Å². The molecule has 2 N–H and O–H groups in total. The molecule has 1 aromatic rings. The molecule has 17 heavy (non-hydrogen) atoms. The SMILES string of the molecule is O=S(=O)(Nc1ccc(Cl)cc1I)C1CCNC1. The molecule has 1 atom stereocenters. The summed E-state index contributed by atoms with van der Waals surface area (Å²) in [4.78, 5) is 0. The van der Waals surface area contributed by atoms with E-state index in [1.807, 2.05) is 0 Å². The second-order valence-corrected chi connectivity index (χ2v) is 7.45. The molecular formula is C10H12ClIN2O2S. The van der Waals surface area contributed by atoms with Crippen LogP contribution >= 0.6 is 34.2 Å². The van der Waals surface area contributed by atoms with Gasteiger partial charge in [-0.15, -0.1) is 0 Å². The number of anilines is 1. The van der Waals surface area contributed by atoms with Gasteiger partial charge in [0.2, 0.25) is 10.0 Å². The first-order valence-electron chi connectivity index (χ1n) is 5.16. The predicted molar refractivity (Wildman–Crippen MR) is 78.0 cm³/mol. The minimum Gasteiger partial charge on any atom is -0.315 e. The van der Waals surface area contributed by atoms with Gasteiger partial charge >= 0.3 is 0 Å². The molecule has 2 rings (SSSR count). The molecule has 1 heterocycles. The maximum Gasteiger partial charge on any atom is 0.236 e. The third kappa shape index (κ3) is 3.24. The molecule has 1 fully saturated rings. The fourth-order valence-corrected chi connectivity index (χ4v) is 4.31. The van der Waals surface area contributed by atoms with Gasteiger partial charge < -0.3 is 5.32 Å². The summed E-state index contributed by atoms with van der Waals surface area (Å²) in [5.41, 5.74) is 0.585. The van der Waals surface area contributed by atoms with E-state index < -0.39 is 10.0 Å². The first-order valence-corrected chi connectivity index (χ1v) is 8.17. The molecule has 1 unspecified atom stereocenters. The Morgan fingerprint density at radius 3 is 2.82 bits per heavy atom. The minimum atomic E-state index is -3.31. The molecule has 1 aliphatic heterocycles. The smallest absolute Gasteiger partial charge is 0.236 e. The van der Waals surface area contributed by atoms with E-state index in [1.54, 1.807) is 18.2 Å². The average molecular weight is 387 g/mol. The molecule has 1 aromatic carbocycles. The van der Waals surface area contributed by atoms with Gasteiger partial charge in [0.05, 0.1) is 10.9 Å². The lowest BCUT2D eigenvalue weighted by Gasteiger charge is -2.14. The summed E-state index contributed by atoms with van der Waals surface area (Å²) >= 11 is 7.89. The first kappa shape index (κ1) is 13.4. The molecule has 0 spiro atoms. The fraction of sp³-hybridized carbons (Fsp3) is 0.400. The Labute approximate surface area is 119 Å². The second-order valence-electron chi connectivity index (χ2n) is 3.89. The van der Waals surface area contributed by atoms with Crippen molar-refractivity contribution in [3.05, 3.63) is 26.8 Å². The molecule has 4 nitrogen and oxygen atoms in total. The maximum absolute atomic E-state index is 12.1. The summed E-state index contributed by atoms with van der Waals surface area (Å²) in [6, 6.07) is 5.09. The Bertz CT molecular complexity index is 515. The zero-order valence-electron chi connectivity index (χ0n) is 8.91. The van der Waals surface area contributed by atoms with Crippen LogP contribution in [0.1, 0.15) is 6.42 Å². The summed E-state index contributed by atoms with van der Waals surface area (Å²) in [6.45, 7) is 1.27. The van der Waals surface area contributed by atoms with E-state index in [-0.39, 0.29) is 5.25 Å². The van der Waals surface area contributed by atoms with Gasteiger partial charge in [0.1, 0.15) is 0 Å². The molecule has 0 aliphatic carbocycles. The Kier molecular flexibility index (Phi) is 4.17. The van der Waals surface area contributed by atoms with Crippen LogP contribution in [0.15, 0.2) is 18.2 Å². The van der Waals surface area contributed by atoms with Crippen LogP contribution in [0.3, 0.4) is 0 Å². The number of halogens is 2. The number of rotatable bonds is 3. The zero-order valence-corrected chi connectivity index (χ0v) is 12.6. The highest BCUT2D eigenvalue weighted by atomic mass is 127. The molecule has 1 saturated heterocycles. The Morgan fingerprint density at radius 1 is 1.47 bits per heavy atom. The fourth-order valence-electron chi connectivity index (χ4n) is 1.70. The Hall–Kier alpha value is -0.0500. The number of sulfonamides is 1. The largest absolute Gasteiger partial charge is 0.315 e. The highest BCUT2D eigenvalue weighted by Gasteiger charge is 2.28. The van der Waals surface area contributed by atoms with E-state index >= 15 is 0 Å². The van der Waals surface area contributed by atoms with Crippen molar-refractivity contribution < 1.29 is 8.42 Å². The number of benzene rings is 1. The standard InChI is InChI=1S/C10H12ClIN2O2S/c11-7-1-2-10(9(12)5-7)14-17(15,16)8-3-4-13-6-8/h1-2,5,8,13-14H,3-4,6H2. The molecule has 7 heteroatoms. The second kappa shape index (κ2) is 5.29. The van der Waals surface area contributed by atoms with Gasteiger partial charge in [-0.3, -0.25) is 4.72 Å². The first-order chi connectivity index (χ1) is 7.99. The number of nitrogens with one attached hydrogen (secondary N) is 2. The van der Waals surface area contributed by atoms with Gasteiger partial charge in [0.25, 0.3) is 0 Å². The summed E-state index contributed by atoms with van der Waals surface area (Å²) < 4.78 is 27.5. The lowest BCUT2D eigenvalue weighted by atomic mass is 10.3. The van der Waals surface area contributed by atoms with E-state index in [1.165, 1.54) is 0 Å². The molecule has 0 amide bonds. The van der Waals surface area contributed by atoms with E-state index in [0.717, 1.165) is 10.1 Å². The van der Waals surface area contributed by atoms with Crippen LogP contribution in [0, 0.1) is 3.57 Å². The van der Waals surface area contributed by atoms with Crippen molar-refractivity contribution in [2.45, 2.75) is 11.7 Å². The topological polar surface area (TPSA) is 58.2 Å². The van der Waals surface area contributed by atoms with E-state index in [9.17, 15) is 8.42 Å².